The summed E-state index contributed by atoms with van der Waals surface area (Å²) in [5.74, 6) is 0. The predicted molar refractivity (Wildman–Crippen MR) is 52.3 cm³/mol. The van der Waals surface area contributed by atoms with Gasteiger partial charge in [0.2, 0.25) is 0 Å². The topological polar surface area (TPSA) is 46.0 Å². The molecule has 3 heteroatoms. The number of hydrogen-bond acceptors (Lipinski definition) is 3. The van der Waals surface area contributed by atoms with Gasteiger partial charge in [-0.15, -0.1) is 0 Å². The van der Waals surface area contributed by atoms with Crippen LogP contribution in [-0.2, 0) is 0 Å². The quantitative estimate of drug-likeness (QED) is 0.663. The number of nitrogens with zero attached hydrogens (tertiary/aromatic N) is 2. The van der Waals surface area contributed by atoms with E-state index < -0.39 is 0 Å². The largest absolute Gasteiger partial charge is 0.397 e. The number of para-hydroxylation sites is 1. The van der Waals surface area contributed by atoms with Crippen molar-refractivity contribution in [1.29, 1.82) is 0 Å². The molecule has 2 rings (SSSR count). The highest BCUT2D eigenvalue weighted by atomic mass is 16.2. The van der Waals surface area contributed by atoms with Crippen molar-refractivity contribution in [3.63, 3.8) is 0 Å². The number of hydrogen-bond donors (Lipinski definition) is 1. The molecule has 0 aliphatic carbocycles. The molecule has 0 aliphatic heterocycles. The maximum atomic E-state index is 7.57. The summed E-state index contributed by atoms with van der Waals surface area (Å²) in [6, 6.07) is 7.91. The molecular weight excluding hydrogens is 164 g/mol. The second-order valence-corrected chi connectivity index (χ2v) is 2.40. The smallest absolute Gasteiger partial charge is 0.116 e. The monoisotopic (exact) mass is 176 g/mol. The van der Waals surface area contributed by atoms with Gasteiger partial charge in [0.15, 0.2) is 0 Å². The van der Waals surface area contributed by atoms with Crippen molar-refractivity contribution in [3.8, 4) is 0 Å². The highest BCUT2D eigenvalue weighted by Gasteiger charge is 1.87. The summed E-state index contributed by atoms with van der Waals surface area (Å²) < 4.78 is 0. The molecule has 0 unspecified atom stereocenters. The zero-order valence-corrected chi connectivity index (χ0v) is 7.51. The molecule has 0 fully saturated rings. The molecule has 1 aromatic heterocycles. The van der Waals surface area contributed by atoms with Gasteiger partial charge in [-0.3, -0.25) is 0 Å². The molecule has 0 spiro atoms. The van der Waals surface area contributed by atoms with Crippen LogP contribution in [-0.4, -0.2) is 21.7 Å². The lowest BCUT2D eigenvalue weighted by Crippen LogP contribution is -1.77. The molecule has 1 N–H and O–H groups in total. The first kappa shape index (κ1) is 9.61. The van der Waals surface area contributed by atoms with Gasteiger partial charge in [0.1, 0.15) is 6.33 Å². The number of benzene rings is 1. The summed E-state index contributed by atoms with van der Waals surface area (Å²) in [4.78, 5) is 7.97. The zero-order chi connectivity index (χ0) is 9.52. The normalized spacial score (nSPS) is 9.08. The Labute approximate surface area is 77.1 Å². The van der Waals surface area contributed by atoms with Crippen LogP contribution >= 0.6 is 0 Å². The molecule has 3 nitrogen and oxygen atoms in total. The summed E-state index contributed by atoms with van der Waals surface area (Å²) >= 11 is 0. The highest BCUT2D eigenvalue weighted by molar-refractivity contribution is 5.76. The van der Waals surface area contributed by atoms with Crippen LogP contribution in [0.2, 0.25) is 0 Å². The van der Waals surface area contributed by atoms with E-state index in [1.165, 1.54) is 0 Å². The third-order valence-corrected chi connectivity index (χ3v) is 1.41. The van der Waals surface area contributed by atoms with Crippen LogP contribution in [0.15, 0.2) is 36.8 Å². The van der Waals surface area contributed by atoms with Crippen LogP contribution in [0.4, 0.5) is 0 Å². The summed E-state index contributed by atoms with van der Waals surface area (Å²) in [7, 11) is 0. The fraction of sp³-hybridized carbons (Fsp3) is 0.200. The van der Waals surface area contributed by atoms with Gasteiger partial charge in [-0.1, -0.05) is 18.2 Å². The van der Waals surface area contributed by atoms with Crippen LogP contribution in [0.1, 0.15) is 6.92 Å². The Morgan fingerprint density at radius 1 is 1.31 bits per heavy atom. The Balaban J connectivity index is 0.000000251. The van der Waals surface area contributed by atoms with Gasteiger partial charge in [-0.05, 0) is 13.0 Å². The highest BCUT2D eigenvalue weighted by Crippen LogP contribution is 2.06. The number of rotatable bonds is 0. The van der Waals surface area contributed by atoms with E-state index in [0.29, 0.717) is 0 Å². The second-order valence-electron chi connectivity index (χ2n) is 2.40. The van der Waals surface area contributed by atoms with Crippen molar-refractivity contribution in [2.75, 3.05) is 6.61 Å². The van der Waals surface area contributed by atoms with Crippen LogP contribution < -0.4 is 0 Å². The third-order valence-electron chi connectivity index (χ3n) is 1.41. The van der Waals surface area contributed by atoms with E-state index in [9.17, 15) is 0 Å². The lowest BCUT2D eigenvalue weighted by molar-refractivity contribution is 0.318. The molecule has 2 aromatic rings. The molecule has 0 amide bonds. The molecule has 0 saturated heterocycles. The average Bonchev–Trinajstić information content (AvgIpc) is 2.19. The van der Waals surface area contributed by atoms with Crippen molar-refractivity contribution in [2.24, 2.45) is 0 Å². The maximum absolute atomic E-state index is 7.57. The number of aliphatic hydroxyl groups is 1. The van der Waals surface area contributed by atoms with Gasteiger partial charge >= 0.3 is 0 Å². The Morgan fingerprint density at radius 2 is 2.00 bits per heavy atom. The SMILES string of the molecule is CCO.c1ccc2ncncc2c1. The molecule has 1 heterocycles. The number of aromatic nitrogens is 2. The summed E-state index contributed by atoms with van der Waals surface area (Å²) in [6.07, 6.45) is 3.37. The van der Waals surface area contributed by atoms with Crippen molar-refractivity contribution >= 4 is 10.9 Å². The first-order valence-electron chi connectivity index (χ1n) is 4.14. The lowest BCUT2D eigenvalue weighted by Gasteiger charge is -1.90. The van der Waals surface area contributed by atoms with Gasteiger partial charge in [0.25, 0.3) is 0 Å². The van der Waals surface area contributed by atoms with Crippen LogP contribution in [0.25, 0.3) is 10.9 Å². The zero-order valence-electron chi connectivity index (χ0n) is 7.51. The molecule has 13 heavy (non-hydrogen) atoms. The second kappa shape index (κ2) is 5.22. The van der Waals surface area contributed by atoms with E-state index in [-0.39, 0.29) is 6.61 Å². The van der Waals surface area contributed by atoms with Crippen molar-refractivity contribution in [3.05, 3.63) is 36.8 Å². The minimum absolute atomic E-state index is 0.250. The lowest BCUT2D eigenvalue weighted by atomic mass is 10.2. The molecule has 68 valence electrons. The standard InChI is InChI=1S/C8H6N2.C2H6O/c1-2-4-8-7(3-1)5-9-6-10-8;1-2-3/h1-6H;3H,2H2,1H3. The Morgan fingerprint density at radius 3 is 2.69 bits per heavy atom. The van der Waals surface area contributed by atoms with Gasteiger partial charge in [0, 0.05) is 18.2 Å². The van der Waals surface area contributed by atoms with Crippen LogP contribution in [0.5, 0.6) is 0 Å². The van der Waals surface area contributed by atoms with E-state index in [1.807, 2.05) is 30.5 Å². The Hall–Kier alpha value is -1.48. The molecular formula is C10H12N2O. The Kier molecular flexibility index (Phi) is 3.85. The molecule has 0 bridgehead atoms. The van der Waals surface area contributed by atoms with Crippen molar-refractivity contribution in [2.45, 2.75) is 6.92 Å². The molecule has 1 aromatic carbocycles. The van der Waals surface area contributed by atoms with E-state index in [2.05, 4.69) is 9.97 Å². The summed E-state index contributed by atoms with van der Waals surface area (Å²) in [5, 5.41) is 8.66. The van der Waals surface area contributed by atoms with Gasteiger partial charge < -0.3 is 5.11 Å². The third kappa shape index (κ3) is 2.80. The summed E-state index contributed by atoms with van der Waals surface area (Å²) in [6.45, 7) is 1.93. The number of aliphatic hydroxyl groups excluding tert-OH is 1. The fourth-order valence-electron chi connectivity index (χ4n) is 0.923. The van der Waals surface area contributed by atoms with Crippen LogP contribution in [0.3, 0.4) is 0 Å². The van der Waals surface area contributed by atoms with E-state index in [1.54, 1.807) is 13.3 Å². The van der Waals surface area contributed by atoms with E-state index >= 15 is 0 Å². The fourth-order valence-corrected chi connectivity index (χ4v) is 0.923. The summed E-state index contributed by atoms with van der Waals surface area (Å²) in [5.41, 5.74) is 0.998. The van der Waals surface area contributed by atoms with Crippen molar-refractivity contribution in [1.82, 2.24) is 9.97 Å². The minimum Gasteiger partial charge on any atom is -0.397 e. The van der Waals surface area contributed by atoms with E-state index in [4.69, 9.17) is 5.11 Å². The van der Waals surface area contributed by atoms with Crippen LogP contribution in [0, 0.1) is 0 Å². The average molecular weight is 176 g/mol. The maximum Gasteiger partial charge on any atom is 0.116 e. The Bertz CT molecular complexity index is 297. The molecule has 0 saturated carbocycles. The number of fused-ring (bicyclic) bond motifs is 1. The first-order chi connectivity index (χ1) is 6.38. The molecule has 0 aliphatic rings. The predicted octanol–water partition coefficient (Wildman–Crippen LogP) is 1.63. The van der Waals surface area contributed by atoms with Gasteiger partial charge in [0.05, 0.1) is 5.52 Å². The van der Waals surface area contributed by atoms with Crippen molar-refractivity contribution < 1.29 is 5.11 Å². The minimum atomic E-state index is 0.250. The van der Waals surface area contributed by atoms with E-state index in [0.717, 1.165) is 10.9 Å². The first-order valence-corrected chi connectivity index (χ1v) is 4.14. The molecule has 0 atom stereocenters. The van der Waals surface area contributed by atoms with Gasteiger partial charge in [-0.2, -0.15) is 0 Å². The van der Waals surface area contributed by atoms with Gasteiger partial charge in [-0.25, -0.2) is 9.97 Å². The molecule has 0 radical (unpaired) electrons.